The lowest BCUT2D eigenvalue weighted by Gasteiger charge is -2.05. The van der Waals surface area contributed by atoms with Crippen molar-refractivity contribution in [1.82, 2.24) is 14.8 Å². The standard InChI is InChI=1S/C14H16FN3OS/c1-9(2)13-16-17-14(18(13)3)20-8-12(19)10-4-6-11(15)7-5-10/h4-7,9H,8H2,1-3H3. The van der Waals surface area contributed by atoms with Gasteiger partial charge in [-0.15, -0.1) is 10.2 Å². The Morgan fingerprint density at radius 3 is 2.50 bits per heavy atom. The van der Waals surface area contributed by atoms with Crippen molar-refractivity contribution < 1.29 is 9.18 Å². The number of benzene rings is 1. The molecule has 0 atom stereocenters. The van der Waals surface area contributed by atoms with E-state index in [1.807, 2.05) is 25.5 Å². The van der Waals surface area contributed by atoms with Gasteiger partial charge in [-0.1, -0.05) is 25.6 Å². The fraction of sp³-hybridized carbons (Fsp3) is 0.357. The Kier molecular flexibility index (Phi) is 4.54. The highest BCUT2D eigenvalue weighted by atomic mass is 32.2. The first-order valence-electron chi connectivity index (χ1n) is 6.30. The first-order chi connectivity index (χ1) is 9.49. The van der Waals surface area contributed by atoms with Crippen molar-refractivity contribution >= 4 is 17.5 Å². The van der Waals surface area contributed by atoms with Gasteiger partial charge in [0.2, 0.25) is 0 Å². The monoisotopic (exact) mass is 293 g/mol. The van der Waals surface area contributed by atoms with E-state index in [4.69, 9.17) is 0 Å². The second-order valence-electron chi connectivity index (χ2n) is 4.77. The molecule has 0 radical (unpaired) electrons. The zero-order valence-corrected chi connectivity index (χ0v) is 12.4. The van der Waals surface area contributed by atoms with Gasteiger partial charge in [0.1, 0.15) is 11.6 Å². The Balaban J connectivity index is 2.02. The lowest BCUT2D eigenvalue weighted by atomic mass is 10.1. The molecule has 1 heterocycles. The van der Waals surface area contributed by atoms with E-state index in [2.05, 4.69) is 10.2 Å². The molecule has 0 unspecified atom stereocenters. The van der Waals surface area contributed by atoms with Crippen LogP contribution in [0.3, 0.4) is 0 Å². The van der Waals surface area contributed by atoms with Crippen LogP contribution in [0, 0.1) is 5.82 Å². The van der Waals surface area contributed by atoms with E-state index in [0.717, 1.165) is 5.82 Å². The highest BCUT2D eigenvalue weighted by Crippen LogP contribution is 2.20. The summed E-state index contributed by atoms with van der Waals surface area (Å²) < 4.78 is 14.7. The minimum absolute atomic E-state index is 0.0518. The van der Waals surface area contributed by atoms with E-state index in [9.17, 15) is 9.18 Å². The number of hydrogen-bond donors (Lipinski definition) is 0. The van der Waals surface area contributed by atoms with Crippen LogP contribution in [-0.2, 0) is 7.05 Å². The lowest BCUT2D eigenvalue weighted by molar-refractivity contribution is 0.102. The molecule has 106 valence electrons. The van der Waals surface area contributed by atoms with Crippen molar-refractivity contribution in [2.75, 3.05) is 5.75 Å². The van der Waals surface area contributed by atoms with Crippen molar-refractivity contribution in [3.8, 4) is 0 Å². The van der Waals surface area contributed by atoms with Crippen LogP contribution >= 0.6 is 11.8 Å². The zero-order valence-electron chi connectivity index (χ0n) is 11.6. The Morgan fingerprint density at radius 2 is 1.95 bits per heavy atom. The number of Topliss-reactive ketones (excluding diaryl/α,β-unsaturated/α-hetero) is 1. The van der Waals surface area contributed by atoms with Crippen molar-refractivity contribution in [3.63, 3.8) is 0 Å². The maximum absolute atomic E-state index is 12.8. The summed E-state index contributed by atoms with van der Waals surface area (Å²) in [7, 11) is 1.89. The van der Waals surface area contributed by atoms with Gasteiger partial charge in [0, 0.05) is 18.5 Å². The first-order valence-corrected chi connectivity index (χ1v) is 7.28. The van der Waals surface area contributed by atoms with Gasteiger partial charge in [0.15, 0.2) is 10.9 Å². The van der Waals surface area contributed by atoms with E-state index < -0.39 is 0 Å². The average molecular weight is 293 g/mol. The fourth-order valence-electron chi connectivity index (χ4n) is 1.80. The van der Waals surface area contributed by atoms with Crippen LogP contribution in [0.25, 0.3) is 0 Å². The molecule has 6 heteroatoms. The molecule has 1 aromatic carbocycles. The van der Waals surface area contributed by atoms with Crippen LogP contribution in [0.1, 0.15) is 35.9 Å². The number of thioether (sulfide) groups is 1. The van der Waals surface area contributed by atoms with Gasteiger partial charge in [0.05, 0.1) is 5.75 Å². The third-order valence-corrected chi connectivity index (χ3v) is 3.90. The summed E-state index contributed by atoms with van der Waals surface area (Å²) in [6.45, 7) is 4.09. The van der Waals surface area contributed by atoms with Crippen molar-refractivity contribution in [2.24, 2.45) is 7.05 Å². The summed E-state index contributed by atoms with van der Waals surface area (Å²) in [6, 6.07) is 5.57. The molecule has 2 rings (SSSR count). The van der Waals surface area contributed by atoms with Gasteiger partial charge in [-0.3, -0.25) is 4.79 Å². The second kappa shape index (κ2) is 6.17. The van der Waals surface area contributed by atoms with Crippen molar-refractivity contribution in [3.05, 3.63) is 41.5 Å². The van der Waals surface area contributed by atoms with E-state index in [1.165, 1.54) is 36.0 Å². The number of hydrogen-bond acceptors (Lipinski definition) is 4. The third kappa shape index (κ3) is 3.25. The van der Waals surface area contributed by atoms with E-state index in [0.29, 0.717) is 10.7 Å². The number of ketones is 1. The summed E-state index contributed by atoms with van der Waals surface area (Å²) in [4.78, 5) is 12.0. The fourth-order valence-corrected chi connectivity index (χ4v) is 2.62. The van der Waals surface area contributed by atoms with Gasteiger partial charge in [-0.05, 0) is 24.3 Å². The predicted octanol–water partition coefficient (Wildman–Crippen LogP) is 3.05. The molecule has 1 aromatic heterocycles. The Labute approximate surface area is 121 Å². The minimum atomic E-state index is -0.343. The number of carbonyl (C=O) groups is 1. The largest absolute Gasteiger partial charge is 0.309 e. The number of halogens is 1. The highest BCUT2D eigenvalue weighted by molar-refractivity contribution is 7.99. The van der Waals surface area contributed by atoms with Crippen LogP contribution in [0.15, 0.2) is 29.4 Å². The van der Waals surface area contributed by atoms with Crippen molar-refractivity contribution in [2.45, 2.75) is 24.9 Å². The molecule has 4 nitrogen and oxygen atoms in total. The number of nitrogens with zero attached hydrogens (tertiary/aromatic N) is 3. The van der Waals surface area contributed by atoms with Gasteiger partial charge < -0.3 is 4.57 Å². The molecule has 0 fully saturated rings. The second-order valence-corrected chi connectivity index (χ2v) is 5.72. The van der Waals surface area contributed by atoms with Gasteiger partial charge in [-0.2, -0.15) is 0 Å². The molecule has 0 N–H and O–H groups in total. The first kappa shape index (κ1) is 14.7. The number of aromatic nitrogens is 3. The van der Waals surface area contributed by atoms with E-state index in [1.54, 1.807) is 0 Å². The number of carbonyl (C=O) groups excluding carboxylic acids is 1. The van der Waals surface area contributed by atoms with Gasteiger partial charge in [0.25, 0.3) is 0 Å². The Morgan fingerprint density at radius 1 is 1.30 bits per heavy atom. The quantitative estimate of drug-likeness (QED) is 0.628. The molecule has 0 aliphatic carbocycles. The zero-order chi connectivity index (χ0) is 14.7. The van der Waals surface area contributed by atoms with Crippen molar-refractivity contribution in [1.29, 1.82) is 0 Å². The number of rotatable bonds is 5. The molecule has 0 saturated heterocycles. The SMILES string of the molecule is CC(C)c1nnc(SCC(=O)c2ccc(F)cc2)n1C. The smallest absolute Gasteiger partial charge is 0.191 e. The van der Waals surface area contributed by atoms with Crippen LogP contribution in [0.5, 0.6) is 0 Å². The van der Waals surface area contributed by atoms with E-state index >= 15 is 0 Å². The Hall–Kier alpha value is -1.69. The van der Waals surface area contributed by atoms with Crippen LogP contribution in [0.4, 0.5) is 4.39 Å². The highest BCUT2D eigenvalue weighted by Gasteiger charge is 2.14. The average Bonchev–Trinajstić information content (AvgIpc) is 2.78. The molecule has 0 aliphatic heterocycles. The molecule has 0 bridgehead atoms. The summed E-state index contributed by atoms with van der Waals surface area (Å²) in [5.41, 5.74) is 0.505. The lowest BCUT2D eigenvalue weighted by Crippen LogP contribution is -2.05. The maximum Gasteiger partial charge on any atom is 0.191 e. The molecular formula is C14H16FN3OS. The van der Waals surface area contributed by atoms with E-state index in [-0.39, 0.29) is 23.3 Å². The third-order valence-electron chi connectivity index (χ3n) is 2.88. The van der Waals surface area contributed by atoms with Gasteiger partial charge >= 0.3 is 0 Å². The summed E-state index contributed by atoms with van der Waals surface area (Å²) in [6.07, 6.45) is 0. The molecule has 0 spiro atoms. The Bertz CT molecular complexity index is 607. The molecule has 0 amide bonds. The predicted molar refractivity (Wildman–Crippen MR) is 76.5 cm³/mol. The topological polar surface area (TPSA) is 47.8 Å². The molecular weight excluding hydrogens is 277 g/mol. The molecule has 20 heavy (non-hydrogen) atoms. The summed E-state index contributed by atoms with van der Waals surface area (Å²) in [5.74, 6) is 1.04. The van der Waals surface area contributed by atoms with Gasteiger partial charge in [-0.25, -0.2) is 4.39 Å². The molecule has 2 aromatic rings. The maximum atomic E-state index is 12.8. The minimum Gasteiger partial charge on any atom is -0.309 e. The van der Waals surface area contributed by atoms with Crippen LogP contribution < -0.4 is 0 Å². The van der Waals surface area contributed by atoms with Crippen LogP contribution in [0.2, 0.25) is 0 Å². The summed E-state index contributed by atoms with van der Waals surface area (Å²) >= 11 is 1.34. The van der Waals surface area contributed by atoms with Crippen LogP contribution in [-0.4, -0.2) is 26.3 Å². The summed E-state index contributed by atoms with van der Waals surface area (Å²) in [5, 5.41) is 8.90. The molecule has 0 saturated carbocycles. The normalized spacial score (nSPS) is 11.1. The molecule has 0 aliphatic rings.